The van der Waals surface area contributed by atoms with Crippen LogP contribution in [-0.2, 0) is 31.3 Å². The van der Waals surface area contributed by atoms with Gasteiger partial charge in [0.25, 0.3) is 0 Å². The predicted octanol–water partition coefficient (Wildman–Crippen LogP) is 2.40. The molecule has 0 radical (unpaired) electrons. The van der Waals surface area contributed by atoms with Crippen LogP contribution in [0.5, 0.6) is 5.75 Å². The maximum atomic E-state index is 12.3. The second-order valence-electron chi connectivity index (χ2n) is 6.90. The summed E-state index contributed by atoms with van der Waals surface area (Å²) in [6, 6.07) is 11.7. The van der Waals surface area contributed by atoms with Crippen LogP contribution in [0.3, 0.4) is 0 Å². The van der Waals surface area contributed by atoms with Crippen LogP contribution in [0.2, 0.25) is 0 Å². The first-order valence-electron chi connectivity index (χ1n) is 9.62. The van der Waals surface area contributed by atoms with Crippen LogP contribution in [0, 0.1) is 0 Å². The van der Waals surface area contributed by atoms with Gasteiger partial charge in [-0.1, -0.05) is 36.3 Å². The molecule has 0 bridgehead atoms. The first kappa shape index (κ1) is 18.9. The standard InChI is InChI=1S/C21H23N5O3/c1-4-15-7-5-9-19(26-21(27)25(3)23-24-26)18(15)13-29-22-14(2)16-8-6-10-20-17(16)11-12-28-20/h5-10H,4,11-13H2,1-3H3. The maximum absolute atomic E-state index is 12.3. The lowest BCUT2D eigenvalue weighted by Crippen LogP contribution is -2.23. The van der Waals surface area contributed by atoms with E-state index in [1.807, 2.05) is 43.3 Å². The Morgan fingerprint density at radius 1 is 1.24 bits per heavy atom. The summed E-state index contributed by atoms with van der Waals surface area (Å²) in [5.74, 6) is 0.915. The molecule has 0 unspecified atom stereocenters. The molecule has 0 saturated carbocycles. The number of benzene rings is 2. The van der Waals surface area contributed by atoms with Crippen molar-refractivity contribution in [3.8, 4) is 11.4 Å². The Morgan fingerprint density at radius 2 is 2.07 bits per heavy atom. The summed E-state index contributed by atoms with van der Waals surface area (Å²) in [4.78, 5) is 18.0. The summed E-state index contributed by atoms with van der Waals surface area (Å²) in [6.07, 6.45) is 1.67. The van der Waals surface area contributed by atoms with E-state index in [9.17, 15) is 4.79 Å². The van der Waals surface area contributed by atoms with E-state index in [1.165, 1.54) is 9.36 Å². The summed E-state index contributed by atoms with van der Waals surface area (Å²) in [5.41, 5.74) is 5.29. The average Bonchev–Trinajstić information content (AvgIpc) is 3.34. The summed E-state index contributed by atoms with van der Waals surface area (Å²) in [7, 11) is 1.57. The average molecular weight is 393 g/mol. The molecule has 29 heavy (non-hydrogen) atoms. The minimum Gasteiger partial charge on any atom is -0.493 e. The van der Waals surface area contributed by atoms with Gasteiger partial charge in [-0.2, -0.15) is 9.36 Å². The molecule has 8 heteroatoms. The highest BCUT2D eigenvalue weighted by Gasteiger charge is 2.18. The van der Waals surface area contributed by atoms with Gasteiger partial charge in [0.15, 0.2) is 0 Å². The van der Waals surface area contributed by atoms with Crippen molar-refractivity contribution in [2.75, 3.05) is 6.61 Å². The number of tetrazole rings is 1. The van der Waals surface area contributed by atoms with Gasteiger partial charge in [0.05, 0.1) is 18.0 Å². The fourth-order valence-corrected chi connectivity index (χ4v) is 3.59. The van der Waals surface area contributed by atoms with Crippen molar-refractivity contribution in [1.29, 1.82) is 0 Å². The summed E-state index contributed by atoms with van der Waals surface area (Å²) >= 11 is 0. The van der Waals surface area contributed by atoms with Crippen LogP contribution in [0.15, 0.2) is 46.3 Å². The van der Waals surface area contributed by atoms with Crippen LogP contribution in [0.1, 0.15) is 36.1 Å². The van der Waals surface area contributed by atoms with Crippen LogP contribution in [-0.4, -0.2) is 32.1 Å². The predicted molar refractivity (Wildman–Crippen MR) is 109 cm³/mol. The molecule has 150 valence electrons. The van der Waals surface area contributed by atoms with E-state index in [-0.39, 0.29) is 12.3 Å². The molecule has 2 aromatic carbocycles. The molecule has 2 heterocycles. The third-order valence-corrected chi connectivity index (χ3v) is 5.12. The van der Waals surface area contributed by atoms with Crippen molar-refractivity contribution >= 4 is 5.71 Å². The fraction of sp³-hybridized carbons (Fsp3) is 0.333. The largest absolute Gasteiger partial charge is 0.493 e. The van der Waals surface area contributed by atoms with Crippen molar-refractivity contribution < 1.29 is 9.57 Å². The Kier molecular flexibility index (Phi) is 5.16. The lowest BCUT2D eigenvalue weighted by molar-refractivity contribution is 0.130. The molecule has 0 spiro atoms. The molecule has 3 aromatic rings. The van der Waals surface area contributed by atoms with E-state index in [2.05, 4.69) is 22.5 Å². The van der Waals surface area contributed by atoms with E-state index in [4.69, 9.17) is 9.57 Å². The molecule has 1 aliphatic heterocycles. The molecule has 8 nitrogen and oxygen atoms in total. The van der Waals surface area contributed by atoms with Crippen LogP contribution < -0.4 is 10.4 Å². The zero-order chi connectivity index (χ0) is 20.4. The highest BCUT2D eigenvalue weighted by molar-refractivity contribution is 6.00. The number of rotatable bonds is 6. The molecule has 0 fully saturated rings. The second kappa shape index (κ2) is 7.90. The van der Waals surface area contributed by atoms with Crippen LogP contribution in [0.4, 0.5) is 0 Å². The third-order valence-electron chi connectivity index (χ3n) is 5.12. The number of hydrogen-bond acceptors (Lipinski definition) is 6. The highest BCUT2D eigenvalue weighted by atomic mass is 16.6. The zero-order valence-corrected chi connectivity index (χ0v) is 16.8. The van der Waals surface area contributed by atoms with Gasteiger partial charge in [-0.15, -0.1) is 0 Å². The van der Waals surface area contributed by atoms with Gasteiger partial charge >= 0.3 is 5.69 Å². The monoisotopic (exact) mass is 393 g/mol. The van der Waals surface area contributed by atoms with E-state index in [0.29, 0.717) is 12.3 Å². The van der Waals surface area contributed by atoms with Crippen molar-refractivity contribution in [3.05, 3.63) is 69.1 Å². The van der Waals surface area contributed by atoms with Crippen LogP contribution in [0.25, 0.3) is 5.69 Å². The van der Waals surface area contributed by atoms with Gasteiger partial charge in [0, 0.05) is 30.2 Å². The smallest absolute Gasteiger partial charge is 0.368 e. The molecule has 0 saturated heterocycles. The number of fused-ring (bicyclic) bond motifs is 1. The maximum Gasteiger partial charge on any atom is 0.368 e. The Bertz CT molecular complexity index is 1130. The number of hydrogen-bond donors (Lipinski definition) is 0. The SMILES string of the molecule is CCc1cccc(-n2nnn(C)c2=O)c1CON=C(C)c1cccc2c1CCO2. The van der Waals surface area contributed by atoms with Crippen molar-refractivity contribution in [3.63, 3.8) is 0 Å². The summed E-state index contributed by atoms with van der Waals surface area (Å²) in [5, 5.41) is 12.1. The van der Waals surface area contributed by atoms with E-state index >= 15 is 0 Å². The van der Waals surface area contributed by atoms with E-state index in [0.717, 1.165) is 46.6 Å². The van der Waals surface area contributed by atoms with Gasteiger partial charge in [-0.05, 0) is 41.5 Å². The van der Waals surface area contributed by atoms with Crippen molar-refractivity contribution in [2.45, 2.75) is 33.3 Å². The Hall–Kier alpha value is -3.42. The minimum absolute atomic E-state index is 0.227. The molecule has 1 aromatic heterocycles. The quantitative estimate of drug-likeness (QED) is 0.474. The molecular formula is C21H23N5O3. The second-order valence-corrected chi connectivity index (χ2v) is 6.90. The topological polar surface area (TPSA) is 83.5 Å². The summed E-state index contributed by atoms with van der Waals surface area (Å²) in [6.45, 7) is 4.91. The van der Waals surface area contributed by atoms with Crippen LogP contribution >= 0.6 is 0 Å². The lowest BCUT2D eigenvalue weighted by Gasteiger charge is -2.12. The number of aromatic nitrogens is 4. The Labute approximate surface area is 168 Å². The first-order chi connectivity index (χ1) is 14.1. The van der Waals surface area contributed by atoms with Gasteiger partial charge in [0.1, 0.15) is 12.4 Å². The number of oxime groups is 1. The van der Waals surface area contributed by atoms with Crippen molar-refractivity contribution in [1.82, 2.24) is 19.8 Å². The normalized spacial score (nSPS) is 13.3. The molecule has 0 amide bonds. The molecule has 0 N–H and O–H groups in total. The number of aryl methyl sites for hydroxylation is 2. The van der Waals surface area contributed by atoms with Gasteiger partial charge in [0.2, 0.25) is 0 Å². The number of nitrogens with zero attached hydrogens (tertiary/aromatic N) is 5. The van der Waals surface area contributed by atoms with Gasteiger partial charge < -0.3 is 9.57 Å². The van der Waals surface area contributed by atoms with Crippen molar-refractivity contribution in [2.24, 2.45) is 12.2 Å². The lowest BCUT2D eigenvalue weighted by atomic mass is 10.0. The van der Waals surface area contributed by atoms with E-state index in [1.54, 1.807) is 7.05 Å². The summed E-state index contributed by atoms with van der Waals surface area (Å²) < 4.78 is 8.11. The Morgan fingerprint density at radius 3 is 2.83 bits per heavy atom. The van der Waals surface area contributed by atoms with E-state index < -0.39 is 0 Å². The fourth-order valence-electron chi connectivity index (χ4n) is 3.59. The first-order valence-corrected chi connectivity index (χ1v) is 9.62. The molecule has 0 atom stereocenters. The molecule has 1 aliphatic rings. The third kappa shape index (κ3) is 3.53. The van der Waals surface area contributed by atoms with Gasteiger partial charge in [-0.3, -0.25) is 0 Å². The zero-order valence-electron chi connectivity index (χ0n) is 16.8. The molecule has 0 aliphatic carbocycles. The molecular weight excluding hydrogens is 370 g/mol. The highest BCUT2D eigenvalue weighted by Crippen LogP contribution is 2.28. The minimum atomic E-state index is -0.306. The Balaban J connectivity index is 1.62. The van der Waals surface area contributed by atoms with Gasteiger partial charge in [-0.25, -0.2) is 4.79 Å². The number of ether oxygens (including phenoxy) is 1. The molecule has 4 rings (SSSR count).